The molecule has 0 radical (unpaired) electrons. The lowest BCUT2D eigenvalue weighted by Crippen LogP contribution is -2.22. The Kier molecular flexibility index (Phi) is 5.04. The Balaban J connectivity index is 1.92. The van der Waals surface area contributed by atoms with Gasteiger partial charge >= 0.3 is 11.7 Å². The maximum absolute atomic E-state index is 11.0. The first kappa shape index (κ1) is 15.2. The minimum atomic E-state index is -1.23. The third-order valence-electron chi connectivity index (χ3n) is 3.45. The molecule has 8 heteroatoms. The van der Waals surface area contributed by atoms with Crippen molar-refractivity contribution in [3.8, 4) is 0 Å². The van der Waals surface area contributed by atoms with Crippen molar-refractivity contribution in [1.29, 1.82) is 0 Å². The maximum Gasteiger partial charge on any atom is 0.337 e. The second-order valence-electron chi connectivity index (χ2n) is 4.98. The second-order valence-corrected chi connectivity index (χ2v) is 4.98. The monoisotopic (exact) mass is 294 g/mol. The van der Waals surface area contributed by atoms with Crippen LogP contribution in [-0.2, 0) is 0 Å². The van der Waals surface area contributed by atoms with Gasteiger partial charge in [-0.2, -0.15) is 0 Å². The van der Waals surface area contributed by atoms with E-state index in [1.165, 1.54) is 12.8 Å². The standard InChI is InChI=1S/C13H18N4O4/c18-13(19)10-8-11(17(20)21)12(15-9-10)14-4-3-7-16-5-1-2-6-16/h8-9H,1-7H2,(H,14,15)(H,18,19). The van der Waals surface area contributed by atoms with Crippen molar-refractivity contribution in [2.45, 2.75) is 19.3 Å². The van der Waals surface area contributed by atoms with Gasteiger partial charge in [0.05, 0.1) is 10.5 Å². The molecule has 0 spiro atoms. The summed E-state index contributed by atoms with van der Waals surface area (Å²) in [6.45, 7) is 3.75. The van der Waals surface area contributed by atoms with E-state index in [9.17, 15) is 14.9 Å². The molecule has 0 unspecified atom stereocenters. The van der Waals surface area contributed by atoms with Gasteiger partial charge in [0.15, 0.2) is 0 Å². The summed E-state index contributed by atoms with van der Waals surface area (Å²) in [4.78, 5) is 27.3. The first-order chi connectivity index (χ1) is 10.1. The summed E-state index contributed by atoms with van der Waals surface area (Å²) < 4.78 is 0. The molecule has 0 aromatic carbocycles. The zero-order chi connectivity index (χ0) is 15.2. The molecule has 0 atom stereocenters. The zero-order valence-corrected chi connectivity index (χ0v) is 11.6. The molecule has 0 amide bonds. The van der Waals surface area contributed by atoms with Crippen LogP contribution < -0.4 is 5.32 Å². The van der Waals surface area contributed by atoms with Gasteiger partial charge in [-0.3, -0.25) is 10.1 Å². The lowest BCUT2D eigenvalue weighted by Gasteiger charge is -2.14. The Labute approximate surface area is 121 Å². The number of hydrogen-bond donors (Lipinski definition) is 2. The Morgan fingerprint density at radius 1 is 1.48 bits per heavy atom. The third kappa shape index (κ3) is 4.12. The van der Waals surface area contributed by atoms with Crippen molar-refractivity contribution < 1.29 is 14.8 Å². The quantitative estimate of drug-likeness (QED) is 0.446. The lowest BCUT2D eigenvalue weighted by molar-refractivity contribution is -0.384. The molecule has 1 saturated heterocycles. The molecule has 1 aliphatic heterocycles. The van der Waals surface area contributed by atoms with Gasteiger partial charge in [0.2, 0.25) is 5.82 Å². The van der Waals surface area contributed by atoms with Gasteiger partial charge < -0.3 is 15.3 Å². The van der Waals surface area contributed by atoms with Crippen LogP contribution in [0.4, 0.5) is 11.5 Å². The molecule has 1 fully saturated rings. The molecule has 0 bridgehead atoms. The average molecular weight is 294 g/mol. The van der Waals surface area contributed by atoms with Crippen LogP contribution in [0.15, 0.2) is 12.3 Å². The van der Waals surface area contributed by atoms with Gasteiger partial charge in [-0.1, -0.05) is 0 Å². The van der Waals surface area contributed by atoms with Gasteiger partial charge in [-0.15, -0.1) is 0 Å². The normalized spacial score (nSPS) is 15.0. The number of nitrogens with zero attached hydrogens (tertiary/aromatic N) is 3. The van der Waals surface area contributed by atoms with Crippen molar-refractivity contribution in [1.82, 2.24) is 9.88 Å². The van der Waals surface area contributed by atoms with Gasteiger partial charge in [0.1, 0.15) is 0 Å². The van der Waals surface area contributed by atoms with Crippen molar-refractivity contribution in [2.75, 3.05) is 31.5 Å². The largest absolute Gasteiger partial charge is 0.478 e. The van der Waals surface area contributed by atoms with E-state index in [-0.39, 0.29) is 17.1 Å². The van der Waals surface area contributed by atoms with Crippen LogP contribution in [0.5, 0.6) is 0 Å². The number of carboxylic acids is 1. The number of anilines is 1. The van der Waals surface area contributed by atoms with E-state index >= 15 is 0 Å². The minimum Gasteiger partial charge on any atom is -0.478 e. The van der Waals surface area contributed by atoms with E-state index in [2.05, 4.69) is 15.2 Å². The summed E-state index contributed by atoms with van der Waals surface area (Å²) in [5.41, 5.74) is -0.500. The number of hydrogen-bond acceptors (Lipinski definition) is 6. The second kappa shape index (κ2) is 6.98. The molecule has 8 nitrogen and oxygen atoms in total. The SMILES string of the molecule is O=C(O)c1cnc(NCCCN2CCCC2)c([N+](=O)[O-])c1. The number of nitrogens with one attached hydrogen (secondary N) is 1. The molecular weight excluding hydrogens is 276 g/mol. The van der Waals surface area contributed by atoms with Crippen LogP contribution in [0.1, 0.15) is 29.6 Å². The molecule has 1 aromatic heterocycles. The zero-order valence-electron chi connectivity index (χ0n) is 11.6. The topological polar surface area (TPSA) is 109 Å². The van der Waals surface area contributed by atoms with Crippen molar-refractivity contribution in [2.24, 2.45) is 0 Å². The Morgan fingerprint density at radius 3 is 2.81 bits per heavy atom. The Hall–Kier alpha value is -2.22. The average Bonchev–Trinajstić information content (AvgIpc) is 2.96. The van der Waals surface area contributed by atoms with Crippen LogP contribution >= 0.6 is 0 Å². The van der Waals surface area contributed by atoms with E-state index in [1.807, 2.05) is 0 Å². The van der Waals surface area contributed by atoms with Crippen molar-refractivity contribution >= 4 is 17.5 Å². The Morgan fingerprint density at radius 2 is 2.19 bits per heavy atom. The summed E-state index contributed by atoms with van der Waals surface area (Å²) in [5.74, 6) is -1.11. The van der Waals surface area contributed by atoms with Crippen LogP contribution in [0.2, 0.25) is 0 Å². The van der Waals surface area contributed by atoms with Crippen molar-refractivity contribution in [3.63, 3.8) is 0 Å². The highest BCUT2D eigenvalue weighted by Crippen LogP contribution is 2.22. The van der Waals surface area contributed by atoms with E-state index in [4.69, 9.17) is 5.11 Å². The summed E-state index contributed by atoms with van der Waals surface area (Å²) in [7, 11) is 0. The molecule has 1 aromatic rings. The molecule has 1 aliphatic rings. The number of carboxylic acid groups (broad SMARTS) is 1. The number of carbonyl (C=O) groups is 1. The smallest absolute Gasteiger partial charge is 0.337 e. The number of nitro groups is 1. The first-order valence-corrected chi connectivity index (χ1v) is 6.92. The third-order valence-corrected chi connectivity index (χ3v) is 3.45. The Bertz CT molecular complexity index is 529. The predicted molar refractivity (Wildman–Crippen MR) is 76.6 cm³/mol. The molecule has 0 saturated carbocycles. The van der Waals surface area contributed by atoms with Crippen molar-refractivity contribution in [3.05, 3.63) is 27.9 Å². The number of likely N-dealkylation sites (tertiary alicyclic amines) is 1. The van der Waals surface area contributed by atoms with E-state index in [1.54, 1.807) is 0 Å². The highest BCUT2D eigenvalue weighted by Gasteiger charge is 2.18. The van der Waals surface area contributed by atoms with Crippen LogP contribution in [0.3, 0.4) is 0 Å². The molecular formula is C13H18N4O4. The highest BCUT2D eigenvalue weighted by atomic mass is 16.6. The summed E-state index contributed by atoms with van der Waals surface area (Å²) >= 11 is 0. The molecule has 21 heavy (non-hydrogen) atoms. The number of rotatable bonds is 7. The fraction of sp³-hybridized carbons (Fsp3) is 0.538. The molecule has 2 rings (SSSR count). The fourth-order valence-electron chi connectivity index (χ4n) is 2.36. The number of aromatic carboxylic acids is 1. The van der Waals surface area contributed by atoms with E-state index in [0.29, 0.717) is 6.54 Å². The van der Waals surface area contributed by atoms with Gasteiger partial charge in [0, 0.05) is 18.8 Å². The lowest BCUT2D eigenvalue weighted by atomic mass is 10.2. The number of aromatic nitrogens is 1. The minimum absolute atomic E-state index is 0.117. The van der Waals surface area contributed by atoms with Crippen LogP contribution in [0, 0.1) is 10.1 Å². The number of pyridine rings is 1. The molecule has 0 aliphatic carbocycles. The van der Waals surface area contributed by atoms with Crippen LogP contribution in [-0.4, -0.2) is 52.1 Å². The van der Waals surface area contributed by atoms with Gasteiger partial charge in [0.25, 0.3) is 0 Å². The molecule has 2 heterocycles. The summed E-state index contributed by atoms with van der Waals surface area (Å²) in [5, 5.41) is 22.7. The molecule has 114 valence electrons. The predicted octanol–water partition coefficient (Wildman–Crippen LogP) is 1.59. The highest BCUT2D eigenvalue weighted by molar-refractivity contribution is 5.88. The van der Waals surface area contributed by atoms with E-state index < -0.39 is 10.9 Å². The summed E-state index contributed by atoms with van der Waals surface area (Å²) in [6, 6.07) is 1.03. The van der Waals surface area contributed by atoms with Crippen LogP contribution in [0.25, 0.3) is 0 Å². The van der Waals surface area contributed by atoms with Gasteiger partial charge in [-0.25, -0.2) is 9.78 Å². The summed E-state index contributed by atoms with van der Waals surface area (Å²) in [6.07, 6.45) is 4.45. The maximum atomic E-state index is 11.0. The fourth-order valence-corrected chi connectivity index (χ4v) is 2.36. The van der Waals surface area contributed by atoms with E-state index in [0.717, 1.165) is 38.3 Å². The van der Waals surface area contributed by atoms with Gasteiger partial charge in [-0.05, 0) is 38.9 Å². The molecule has 2 N–H and O–H groups in total. The first-order valence-electron chi connectivity index (χ1n) is 6.92.